The largest absolute Gasteiger partial charge is 1.00 e. The molecule has 0 radical (unpaired) electrons. The van der Waals surface area contributed by atoms with Gasteiger partial charge in [-0.25, -0.2) is 19.9 Å². The molecule has 0 unspecified atom stereocenters. The van der Waals surface area contributed by atoms with Crippen LogP contribution in [0.2, 0.25) is 0 Å². The van der Waals surface area contributed by atoms with Gasteiger partial charge in [0.05, 0.1) is 58.8 Å². The normalized spacial score (nSPS) is 14.1. The summed E-state index contributed by atoms with van der Waals surface area (Å²) in [5.74, 6) is 2.84. The SMILES string of the molecule is CN1CCNCC1.Cc1sc2cnc(Nc3cnn(C)c3)nc2c1OCCCBr.Cc1sc2cnc(Nc3cnn(C)c3)nc2c1OCCCN1CCN(C)CC1.O=CO[O-].[H-].[K+].[K+]. The van der Waals surface area contributed by atoms with E-state index in [2.05, 4.69) is 103 Å². The predicted octanol–water partition coefficient (Wildman–Crippen LogP) is -1.79. The van der Waals surface area contributed by atoms with E-state index in [4.69, 9.17) is 19.5 Å². The third kappa shape index (κ3) is 18.7. The summed E-state index contributed by atoms with van der Waals surface area (Å²) in [7, 11) is 8.09. The summed E-state index contributed by atoms with van der Waals surface area (Å²) in [6, 6.07) is 0. The summed E-state index contributed by atoms with van der Waals surface area (Å²) in [4.78, 5) is 38.8. The number of rotatable bonds is 14. The second-order valence-corrected chi connectivity index (χ2v) is 17.6. The molecule has 2 fully saturated rings. The number of nitrogens with zero attached hydrogens (tertiary/aromatic N) is 11. The van der Waals surface area contributed by atoms with E-state index in [-0.39, 0.29) is 111 Å². The predicted molar refractivity (Wildman–Crippen MR) is 244 cm³/mol. The molecule has 0 spiro atoms. The number of thiophene rings is 2. The Morgan fingerprint density at radius 1 is 0.762 bits per heavy atom. The third-order valence-electron chi connectivity index (χ3n) is 9.39. The summed E-state index contributed by atoms with van der Waals surface area (Å²) in [5, 5.41) is 27.3. The monoisotopic (exact) mass is 1020 g/mol. The molecule has 63 heavy (non-hydrogen) atoms. The second kappa shape index (κ2) is 30.2. The van der Waals surface area contributed by atoms with Crippen LogP contribution in [-0.4, -0.2) is 152 Å². The van der Waals surface area contributed by atoms with E-state index in [9.17, 15) is 0 Å². The van der Waals surface area contributed by atoms with Gasteiger partial charge in [0.25, 0.3) is 6.47 Å². The van der Waals surface area contributed by atoms with Crippen LogP contribution in [0.4, 0.5) is 23.3 Å². The van der Waals surface area contributed by atoms with Crippen molar-refractivity contribution in [2.24, 2.45) is 14.1 Å². The van der Waals surface area contributed by atoms with Gasteiger partial charge in [0.2, 0.25) is 11.9 Å². The van der Waals surface area contributed by atoms with Gasteiger partial charge in [0.1, 0.15) is 11.0 Å². The molecule has 0 saturated carbocycles. The van der Waals surface area contributed by atoms with Gasteiger partial charge in [-0.05, 0) is 40.8 Å². The Morgan fingerprint density at radius 2 is 1.22 bits per heavy atom. The standard InChI is InChI=1S/C19H27N7OS.C14H16BrN5OS.C5H12N2.CH2O3.2K.H/c1-14-18(27-10-4-5-26-8-6-24(2)7-9-26)17-16(28-14)12-20-19(23-17)22-15-11-21-25(3)13-15;1-9-13(21-5-3-4-15)12-11(22-9)7-16-14(19-12)18-10-6-17-20(2)8-10;1-7-4-2-6-3-5-7;2-1-4-3;;;/h11-13H,4-10H2,1-3H3,(H,20,22,23);6-8H,3-5H2,1-2H3,(H,16,18,19);6H,2-5H2,1H3;1,3H;;;/q;;;;2*+1;-1/p-1. The van der Waals surface area contributed by atoms with Crippen LogP contribution in [0.25, 0.3) is 20.4 Å². The zero-order valence-electron chi connectivity index (χ0n) is 38.6. The van der Waals surface area contributed by atoms with Crippen molar-refractivity contribution in [1.29, 1.82) is 0 Å². The molecule has 6 aromatic rings. The summed E-state index contributed by atoms with van der Waals surface area (Å²) in [5.41, 5.74) is 3.46. The molecular formula is C39H57BrK2N14O5S2. The van der Waals surface area contributed by atoms with Crippen LogP contribution in [0.15, 0.2) is 37.2 Å². The molecule has 2 aliphatic rings. The number of ether oxygens (including phenoxy) is 2. The zero-order valence-corrected chi connectivity index (χ0v) is 47.1. The third-order valence-corrected chi connectivity index (χ3v) is 12.0. The molecule has 19 nitrogen and oxygen atoms in total. The van der Waals surface area contributed by atoms with E-state index in [1.807, 2.05) is 45.8 Å². The molecule has 2 saturated heterocycles. The van der Waals surface area contributed by atoms with Crippen LogP contribution in [-0.2, 0) is 23.8 Å². The average Bonchev–Trinajstić information content (AvgIpc) is 4.03. The number of anilines is 4. The number of piperazine rings is 2. The van der Waals surface area contributed by atoms with E-state index in [0.29, 0.717) is 25.1 Å². The van der Waals surface area contributed by atoms with Crippen LogP contribution < -0.4 is 133 Å². The van der Waals surface area contributed by atoms with Gasteiger partial charge in [0.15, 0.2) is 11.5 Å². The first-order chi connectivity index (χ1) is 29.6. The molecule has 0 atom stereocenters. The maximum absolute atomic E-state index is 8.64. The van der Waals surface area contributed by atoms with E-state index >= 15 is 0 Å². The summed E-state index contributed by atoms with van der Waals surface area (Å²) in [6.07, 6.45) is 12.9. The summed E-state index contributed by atoms with van der Waals surface area (Å²) < 4.78 is 17.6. The van der Waals surface area contributed by atoms with E-state index in [1.165, 1.54) is 13.1 Å². The number of likely N-dealkylation sites (N-methyl/N-ethyl adjacent to an activating group) is 2. The topological polar surface area (TPSA) is 201 Å². The first-order valence-electron chi connectivity index (χ1n) is 19.9. The number of hydrogen-bond acceptors (Lipinski definition) is 19. The molecule has 8 heterocycles. The average molecular weight is 1020 g/mol. The van der Waals surface area contributed by atoms with Gasteiger partial charge >= 0.3 is 103 Å². The van der Waals surface area contributed by atoms with Crippen molar-refractivity contribution >= 4 is 88.8 Å². The maximum Gasteiger partial charge on any atom is 1.00 e. The molecule has 0 aliphatic carbocycles. The van der Waals surface area contributed by atoms with Crippen LogP contribution in [0.1, 0.15) is 24.0 Å². The molecule has 2 aliphatic heterocycles. The van der Waals surface area contributed by atoms with Gasteiger partial charge in [-0.3, -0.25) is 14.2 Å². The van der Waals surface area contributed by atoms with E-state index in [0.717, 1.165) is 117 Å². The Morgan fingerprint density at radius 3 is 1.62 bits per heavy atom. The second-order valence-electron chi connectivity index (χ2n) is 14.3. The minimum Gasteiger partial charge on any atom is -1.00 e. The number of carbonyl (C=O) groups is 1. The van der Waals surface area contributed by atoms with Gasteiger partial charge in [-0.2, -0.15) is 10.2 Å². The number of nitrogens with one attached hydrogen (secondary N) is 3. The molecule has 0 amide bonds. The Kier molecular flexibility index (Phi) is 26.8. The number of fused-ring (bicyclic) bond motifs is 2. The maximum atomic E-state index is 8.64. The number of alkyl halides is 1. The minimum atomic E-state index is -0.181. The quantitative estimate of drug-likeness (QED) is 0.0276. The number of halogens is 1. The molecule has 0 bridgehead atoms. The van der Waals surface area contributed by atoms with Crippen molar-refractivity contribution in [1.82, 2.24) is 59.5 Å². The molecule has 0 aromatic carbocycles. The van der Waals surface area contributed by atoms with Crippen molar-refractivity contribution in [3.63, 3.8) is 0 Å². The first-order valence-corrected chi connectivity index (χ1v) is 22.7. The van der Waals surface area contributed by atoms with E-state index < -0.39 is 0 Å². The fourth-order valence-corrected chi connectivity index (χ4v) is 8.27. The molecule has 6 aromatic heterocycles. The fourth-order valence-electron chi connectivity index (χ4n) is 6.20. The van der Waals surface area contributed by atoms with E-state index in [1.54, 1.807) is 44.4 Å². The summed E-state index contributed by atoms with van der Waals surface area (Å²) >= 11 is 6.74. The van der Waals surface area contributed by atoms with Crippen LogP contribution in [0.5, 0.6) is 11.5 Å². The number of aryl methyl sites for hydroxylation is 4. The first kappa shape index (κ1) is 56.0. The molecule has 24 heteroatoms. The Hall–Kier alpha value is -1.28. The molecule has 334 valence electrons. The van der Waals surface area contributed by atoms with Gasteiger partial charge in [-0.1, -0.05) is 15.9 Å². The van der Waals surface area contributed by atoms with Gasteiger partial charge < -0.3 is 51.7 Å². The Labute approximate surface area is 471 Å². The van der Waals surface area contributed by atoms with Crippen LogP contribution >= 0.6 is 38.6 Å². The minimum absolute atomic E-state index is 0. The molecule has 3 N–H and O–H groups in total. The Bertz CT molecular complexity index is 2240. The van der Waals surface area contributed by atoms with Crippen LogP contribution in [0, 0.1) is 13.8 Å². The van der Waals surface area contributed by atoms with Crippen molar-refractivity contribution < 1.29 is 129 Å². The van der Waals surface area contributed by atoms with Crippen LogP contribution in [0.3, 0.4) is 0 Å². The van der Waals surface area contributed by atoms with Crippen molar-refractivity contribution in [3.8, 4) is 11.5 Å². The smallest absolute Gasteiger partial charge is 1.00 e. The zero-order chi connectivity index (χ0) is 43.6. The van der Waals surface area contributed by atoms with Gasteiger partial charge in [-0.15, -0.1) is 22.7 Å². The number of aromatic nitrogens is 8. The molecular weight excluding hydrogens is 967 g/mol. The number of carbonyl (C=O) groups excluding carboxylic acids is 1. The van der Waals surface area contributed by atoms with Crippen molar-refractivity contribution in [2.45, 2.75) is 26.7 Å². The number of hydrogen-bond donors (Lipinski definition) is 3. The van der Waals surface area contributed by atoms with Crippen molar-refractivity contribution in [3.05, 3.63) is 46.9 Å². The van der Waals surface area contributed by atoms with Crippen molar-refractivity contribution in [2.75, 3.05) is 102 Å². The van der Waals surface area contributed by atoms with Gasteiger partial charge in [0, 0.05) is 100 Å². The summed E-state index contributed by atoms with van der Waals surface area (Å²) in [6.45, 7) is 15.7. The molecule has 8 rings (SSSR count). The fraction of sp³-hybridized carbons (Fsp3) is 0.513. The Balaban J connectivity index is 0.000000348.